The lowest BCUT2D eigenvalue weighted by Crippen LogP contribution is -2.45. The molecule has 128 valence electrons. The molecule has 0 bridgehead atoms. The Morgan fingerprint density at radius 1 is 1.23 bits per heavy atom. The lowest BCUT2D eigenvalue weighted by Gasteiger charge is -2.24. The molecule has 0 aromatic carbocycles. The summed E-state index contributed by atoms with van der Waals surface area (Å²) < 4.78 is 0. The van der Waals surface area contributed by atoms with E-state index in [0.717, 1.165) is 32.1 Å². The van der Waals surface area contributed by atoms with Gasteiger partial charge < -0.3 is 20.6 Å². The summed E-state index contributed by atoms with van der Waals surface area (Å²) in [5, 5.41) is 29.7. The quantitative estimate of drug-likeness (QED) is 0.209. The van der Waals surface area contributed by atoms with Crippen molar-refractivity contribution in [3.63, 3.8) is 0 Å². The van der Waals surface area contributed by atoms with Gasteiger partial charge in [-0.05, 0) is 19.3 Å². The molecule has 7 heteroatoms. The molecule has 1 atom stereocenters. The van der Waals surface area contributed by atoms with Crippen LogP contribution in [0.3, 0.4) is 0 Å². The van der Waals surface area contributed by atoms with Crippen LogP contribution in [-0.4, -0.2) is 64.6 Å². The highest BCUT2D eigenvalue weighted by Gasteiger charge is 2.17. The van der Waals surface area contributed by atoms with Crippen molar-refractivity contribution in [1.29, 1.82) is 0 Å². The maximum absolute atomic E-state index is 11.6. The van der Waals surface area contributed by atoms with Gasteiger partial charge in [0.05, 0.1) is 13.2 Å². The van der Waals surface area contributed by atoms with E-state index in [2.05, 4.69) is 11.9 Å². The summed E-state index contributed by atoms with van der Waals surface area (Å²) >= 11 is 0. The SMILES string of the molecule is C=CCCCCCCC(=O)NCCN(CC(=O)O)C(O)CO. The molecule has 0 radical (unpaired) electrons. The van der Waals surface area contributed by atoms with Crippen molar-refractivity contribution in [2.45, 2.75) is 44.8 Å². The van der Waals surface area contributed by atoms with Crippen LogP contribution in [0.5, 0.6) is 0 Å². The number of carbonyl (C=O) groups is 2. The van der Waals surface area contributed by atoms with E-state index in [1.54, 1.807) is 0 Å². The molecule has 0 spiro atoms. The van der Waals surface area contributed by atoms with E-state index in [9.17, 15) is 14.7 Å². The van der Waals surface area contributed by atoms with Crippen LogP contribution in [0.15, 0.2) is 12.7 Å². The molecule has 0 heterocycles. The Morgan fingerprint density at radius 3 is 2.50 bits per heavy atom. The zero-order valence-corrected chi connectivity index (χ0v) is 13.0. The number of allylic oxidation sites excluding steroid dienone is 1. The molecule has 0 aliphatic heterocycles. The Labute approximate surface area is 131 Å². The van der Waals surface area contributed by atoms with Crippen LogP contribution in [0.25, 0.3) is 0 Å². The van der Waals surface area contributed by atoms with Gasteiger partial charge in [0, 0.05) is 19.5 Å². The van der Waals surface area contributed by atoms with Crippen LogP contribution < -0.4 is 5.32 Å². The molecular weight excluding hydrogens is 288 g/mol. The van der Waals surface area contributed by atoms with Gasteiger partial charge >= 0.3 is 5.97 Å². The summed E-state index contributed by atoms with van der Waals surface area (Å²) in [6.07, 6.45) is 6.07. The van der Waals surface area contributed by atoms with Gasteiger partial charge in [-0.1, -0.05) is 18.9 Å². The average molecular weight is 316 g/mol. The highest BCUT2D eigenvalue weighted by atomic mass is 16.4. The maximum Gasteiger partial charge on any atom is 0.317 e. The number of nitrogens with one attached hydrogen (secondary N) is 1. The number of hydrogen-bond donors (Lipinski definition) is 4. The number of rotatable bonds is 14. The third-order valence-corrected chi connectivity index (χ3v) is 3.21. The Kier molecular flexibility index (Phi) is 12.4. The van der Waals surface area contributed by atoms with Gasteiger partial charge in [0.15, 0.2) is 0 Å². The molecule has 0 aromatic heterocycles. The van der Waals surface area contributed by atoms with E-state index >= 15 is 0 Å². The van der Waals surface area contributed by atoms with Crippen molar-refractivity contribution in [2.24, 2.45) is 0 Å². The summed E-state index contributed by atoms with van der Waals surface area (Å²) in [5.41, 5.74) is 0. The van der Waals surface area contributed by atoms with Gasteiger partial charge in [0.1, 0.15) is 6.23 Å². The molecule has 0 aromatic rings. The summed E-state index contributed by atoms with van der Waals surface area (Å²) in [6, 6.07) is 0. The number of aliphatic carboxylic acids is 1. The molecule has 0 saturated heterocycles. The first-order valence-corrected chi connectivity index (χ1v) is 7.63. The Bertz CT molecular complexity index is 336. The predicted octanol–water partition coefficient (Wildman–Crippen LogP) is 0.327. The molecule has 0 rings (SSSR count). The van der Waals surface area contributed by atoms with E-state index in [1.807, 2.05) is 6.08 Å². The van der Waals surface area contributed by atoms with Gasteiger partial charge in [0.2, 0.25) is 5.91 Å². The zero-order valence-electron chi connectivity index (χ0n) is 13.0. The molecular formula is C15H28N2O5. The normalized spacial score (nSPS) is 12.1. The molecule has 1 amide bonds. The minimum Gasteiger partial charge on any atom is -0.480 e. The largest absolute Gasteiger partial charge is 0.480 e. The molecule has 1 unspecified atom stereocenters. The van der Waals surface area contributed by atoms with Crippen LogP contribution in [0.2, 0.25) is 0 Å². The van der Waals surface area contributed by atoms with Crippen molar-refractivity contribution in [3.8, 4) is 0 Å². The Morgan fingerprint density at radius 2 is 1.91 bits per heavy atom. The monoisotopic (exact) mass is 316 g/mol. The van der Waals surface area contributed by atoms with Crippen molar-refractivity contribution in [2.75, 3.05) is 26.2 Å². The summed E-state index contributed by atoms with van der Waals surface area (Å²) in [5.74, 6) is -1.18. The van der Waals surface area contributed by atoms with Crippen LogP contribution in [0.4, 0.5) is 0 Å². The predicted molar refractivity (Wildman–Crippen MR) is 83.2 cm³/mol. The fourth-order valence-electron chi connectivity index (χ4n) is 1.98. The second-order valence-corrected chi connectivity index (χ2v) is 5.12. The highest BCUT2D eigenvalue weighted by molar-refractivity contribution is 5.75. The minimum atomic E-state index is -1.24. The number of amides is 1. The minimum absolute atomic E-state index is 0.0857. The van der Waals surface area contributed by atoms with Gasteiger partial charge in [-0.25, -0.2) is 0 Å². The average Bonchev–Trinajstić information content (AvgIpc) is 2.48. The fourth-order valence-corrected chi connectivity index (χ4v) is 1.98. The second-order valence-electron chi connectivity index (χ2n) is 5.12. The third kappa shape index (κ3) is 11.2. The standard InChI is InChI=1S/C15H28N2O5/c1-2-3-4-5-6-7-8-13(19)16-9-10-17(11-15(21)22)14(20)12-18/h2,14,18,20H,1,3-12H2,(H,16,19)(H,21,22). The molecule has 4 N–H and O–H groups in total. The first-order chi connectivity index (χ1) is 10.5. The molecule has 0 aliphatic carbocycles. The highest BCUT2D eigenvalue weighted by Crippen LogP contribution is 2.05. The van der Waals surface area contributed by atoms with E-state index in [-0.39, 0.29) is 25.5 Å². The number of aliphatic hydroxyl groups excluding tert-OH is 2. The van der Waals surface area contributed by atoms with Crippen molar-refractivity contribution < 1.29 is 24.9 Å². The number of unbranched alkanes of at least 4 members (excludes halogenated alkanes) is 4. The van der Waals surface area contributed by atoms with Crippen LogP contribution in [0.1, 0.15) is 38.5 Å². The van der Waals surface area contributed by atoms with Gasteiger partial charge in [-0.2, -0.15) is 0 Å². The van der Waals surface area contributed by atoms with E-state index in [1.165, 1.54) is 4.90 Å². The molecule has 0 fully saturated rings. The summed E-state index contributed by atoms with van der Waals surface area (Å²) in [4.78, 5) is 23.4. The Hall–Kier alpha value is -1.44. The van der Waals surface area contributed by atoms with Crippen molar-refractivity contribution in [1.82, 2.24) is 10.2 Å². The maximum atomic E-state index is 11.6. The molecule has 22 heavy (non-hydrogen) atoms. The molecule has 0 aliphatic rings. The first kappa shape index (κ1) is 20.6. The first-order valence-electron chi connectivity index (χ1n) is 7.63. The number of aliphatic hydroxyl groups is 2. The van der Waals surface area contributed by atoms with Gasteiger partial charge in [-0.15, -0.1) is 6.58 Å². The number of carboxylic acid groups (broad SMARTS) is 1. The molecule has 7 nitrogen and oxygen atoms in total. The number of hydrogen-bond acceptors (Lipinski definition) is 5. The van der Waals surface area contributed by atoms with Crippen LogP contribution in [0, 0.1) is 0 Å². The number of carbonyl (C=O) groups excluding carboxylic acids is 1. The van der Waals surface area contributed by atoms with E-state index in [0.29, 0.717) is 6.42 Å². The molecule has 0 saturated carbocycles. The fraction of sp³-hybridized carbons (Fsp3) is 0.733. The van der Waals surface area contributed by atoms with E-state index < -0.39 is 18.8 Å². The smallest absolute Gasteiger partial charge is 0.317 e. The van der Waals surface area contributed by atoms with Crippen molar-refractivity contribution >= 4 is 11.9 Å². The van der Waals surface area contributed by atoms with Crippen LogP contribution in [-0.2, 0) is 9.59 Å². The lowest BCUT2D eigenvalue weighted by molar-refractivity contribution is -0.142. The number of nitrogens with zero attached hydrogens (tertiary/aromatic N) is 1. The van der Waals surface area contributed by atoms with Gasteiger partial charge in [0.25, 0.3) is 0 Å². The van der Waals surface area contributed by atoms with Gasteiger partial charge in [-0.3, -0.25) is 14.5 Å². The number of carboxylic acids is 1. The second kappa shape index (κ2) is 13.2. The van der Waals surface area contributed by atoms with Crippen LogP contribution >= 0.6 is 0 Å². The van der Waals surface area contributed by atoms with Crippen molar-refractivity contribution in [3.05, 3.63) is 12.7 Å². The third-order valence-electron chi connectivity index (χ3n) is 3.21. The van der Waals surface area contributed by atoms with E-state index in [4.69, 9.17) is 10.2 Å². The topological polar surface area (TPSA) is 110 Å². The summed E-state index contributed by atoms with van der Waals surface area (Å²) in [6.45, 7) is 3.12. The summed E-state index contributed by atoms with van der Waals surface area (Å²) in [7, 11) is 0. The Balaban J connectivity index is 3.78. The lowest BCUT2D eigenvalue weighted by atomic mass is 10.1. The zero-order chi connectivity index (χ0) is 16.8.